The van der Waals surface area contributed by atoms with Crippen LogP contribution in [-0.2, 0) is 0 Å². The van der Waals surface area contributed by atoms with Crippen molar-refractivity contribution in [1.82, 2.24) is 19.9 Å². The van der Waals surface area contributed by atoms with Crippen molar-refractivity contribution >= 4 is 0 Å². The van der Waals surface area contributed by atoms with Gasteiger partial charge in [0.1, 0.15) is 11.4 Å². The van der Waals surface area contributed by atoms with Gasteiger partial charge in [-0.2, -0.15) is 0 Å². The van der Waals surface area contributed by atoms with Gasteiger partial charge in [0, 0.05) is 24.8 Å². The first kappa shape index (κ1) is 8.91. The lowest BCUT2D eigenvalue weighted by Crippen LogP contribution is -1.92. The molecule has 4 nitrogen and oxygen atoms in total. The van der Waals surface area contributed by atoms with Crippen LogP contribution in [0, 0.1) is 0 Å². The van der Waals surface area contributed by atoms with Gasteiger partial charge < -0.3 is 9.97 Å². The molecule has 3 aromatic heterocycles. The van der Waals surface area contributed by atoms with E-state index in [0.29, 0.717) is 0 Å². The van der Waals surface area contributed by atoms with Gasteiger partial charge in [0.2, 0.25) is 0 Å². The number of hydrogen-bond donors (Lipinski definition) is 2. The molecule has 0 atom stereocenters. The summed E-state index contributed by atoms with van der Waals surface area (Å²) in [5.41, 5.74) is 3.65. The van der Waals surface area contributed by atoms with Crippen LogP contribution in [0.15, 0.2) is 49.1 Å². The summed E-state index contributed by atoms with van der Waals surface area (Å²) >= 11 is 0. The summed E-state index contributed by atoms with van der Waals surface area (Å²) in [6.07, 6.45) is 7.15. The van der Waals surface area contributed by atoms with E-state index in [0.717, 1.165) is 22.8 Å². The van der Waals surface area contributed by atoms with Crippen LogP contribution in [0.4, 0.5) is 0 Å². The van der Waals surface area contributed by atoms with Crippen molar-refractivity contribution in [3.63, 3.8) is 0 Å². The number of nitrogens with zero attached hydrogens (tertiary/aromatic N) is 2. The number of aromatic nitrogens is 4. The zero-order valence-corrected chi connectivity index (χ0v) is 8.51. The number of hydrogen-bond acceptors (Lipinski definition) is 2. The van der Waals surface area contributed by atoms with E-state index in [1.807, 2.05) is 36.7 Å². The van der Waals surface area contributed by atoms with Crippen LogP contribution in [0.25, 0.3) is 22.8 Å². The number of nitrogens with one attached hydrogen (secondary N) is 2. The quantitative estimate of drug-likeness (QED) is 0.682. The Balaban J connectivity index is 2.19. The van der Waals surface area contributed by atoms with Gasteiger partial charge in [-0.25, -0.2) is 0 Å². The normalized spacial score (nSPS) is 10.5. The predicted molar refractivity (Wildman–Crippen MR) is 61.6 cm³/mol. The molecule has 3 rings (SSSR count). The molecular weight excluding hydrogens is 200 g/mol. The Morgan fingerprint density at radius 3 is 1.62 bits per heavy atom. The van der Waals surface area contributed by atoms with Crippen molar-refractivity contribution in [2.45, 2.75) is 0 Å². The standard InChI is InChI=1S/C12H10N4/c1-3-9(13-5-1)11-12(16-8-7-15-11)10-4-2-6-14-10/h1-8,13-14H. The molecule has 16 heavy (non-hydrogen) atoms. The first-order chi connectivity index (χ1) is 7.95. The maximum absolute atomic E-state index is 4.36. The maximum atomic E-state index is 4.36. The molecule has 0 aliphatic rings. The summed E-state index contributed by atoms with van der Waals surface area (Å²) in [4.78, 5) is 15.0. The molecule has 3 aromatic rings. The second kappa shape index (κ2) is 3.66. The molecule has 0 fully saturated rings. The maximum Gasteiger partial charge on any atom is 0.114 e. The molecule has 3 heterocycles. The van der Waals surface area contributed by atoms with Crippen LogP contribution >= 0.6 is 0 Å². The third-order valence-electron chi connectivity index (χ3n) is 2.40. The highest BCUT2D eigenvalue weighted by molar-refractivity contribution is 5.73. The minimum Gasteiger partial charge on any atom is -0.360 e. The highest BCUT2D eigenvalue weighted by atomic mass is 14.9. The summed E-state index contributed by atoms with van der Waals surface area (Å²) in [6.45, 7) is 0. The monoisotopic (exact) mass is 210 g/mol. The molecule has 0 radical (unpaired) electrons. The van der Waals surface area contributed by atoms with Crippen LogP contribution in [-0.4, -0.2) is 19.9 Å². The summed E-state index contributed by atoms with van der Waals surface area (Å²) < 4.78 is 0. The summed E-state index contributed by atoms with van der Waals surface area (Å²) in [6, 6.07) is 7.86. The Kier molecular flexibility index (Phi) is 2.04. The van der Waals surface area contributed by atoms with Gasteiger partial charge in [0.25, 0.3) is 0 Å². The van der Waals surface area contributed by atoms with Crippen LogP contribution < -0.4 is 0 Å². The SMILES string of the molecule is c1c[nH]c(-c2nccnc2-c2ccc[nH]2)c1. The van der Waals surface area contributed by atoms with Gasteiger partial charge in [-0.15, -0.1) is 0 Å². The van der Waals surface area contributed by atoms with Crippen molar-refractivity contribution < 1.29 is 0 Å². The second-order valence-corrected chi connectivity index (χ2v) is 3.42. The van der Waals surface area contributed by atoms with E-state index in [4.69, 9.17) is 0 Å². The average molecular weight is 210 g/mol. The molecule has 0 aromatic carbocycles. The van der Waals surface area contributed by atoms with Crippen molar-refractivity contribution in [3.05, 3.63) is 49.1 Å². The summed E-state index contributed by atoms with van der Waals surface area (Å²) in [5, 5.41) is 0. The largest absolute Gasteiger partial charge is 0.360 e. The Morgan fingerprint density at radius 1 is 0.750 bits per heavy atom. The zero-order chi connectivity index (χ0) is 10.8. The fourth-order valence-corrected chi connectivity index (χ4v) is 1.69. The number of rotatable bonds is 2. The van der Waals surface area contributed by atoms with Crippen LogP contribution in [0.3, 0.4) is 0 Å². The minimum atomic E-state index is 0.856. The Hall–Kier alpha value is -2.36. The average Bonchev–Trinajstić information content (AvgIpc) is 3.03. The van der Waals surface area contributed by atoms with E-state index in [9.17, 15) is 0 Å². The van der Waals surface area contributed by atoms with E-state index >= 15 is 0 Å². The van der Waals surface area contributed by atoms with E-state index in [-0.39, 0.29) is 0 Å². The lowest BCUT2D eigenvalue weighted by atomic mass is 10.2. The molecule has 0 saturated carbocycles. The number of aromatic amines is 2. The Bertz CT molecular complexity index is 514. The number of H-pyrrole nitrogens is 2. The molecule has 0 aliphatic heterocycles. The van der Waals surface area contributed by atoms with E-state index in [1.54, 1.807) is 12.4 Å². The van der Waals surface area contributed by atoms with Crippen LogP contribution in [0.2, 0.25) is 0 Å². The molecule has 0 spiro atoms. The van der Waals surface area contributed by atoms with Crippen LogP contribution in [0.5, 0.6) is 0 Å². The Labute approximate surface area is 92.4 Å². The van der Waals surface area contributed by atoms with Gasteiger partial charge in [-0.05, 0) is 24.3 Å². The lowest BCUT2D eigenvalue weighted by molar-refractivity contribution is 1.18. The third-order valence-corrected chi connectivity index (χ3v) is 2.40. The molecule has 4 heteroatoms. The van der Waals surface area contributed by atoms with E-state index in [1.165, 1.54) is 0 Å². The highest BCUT2D eigenvalue weighted by Gasteiger charge is 2.10. The predicted octanol–water partition coefficient (Wildman–Crippen LogP) is 2.47. The second-order valence-electron chi connectivity index (χ2n) is 3.42. The lowest BCUT2D eigenvalue weighted by Gasteiger charge is -2.03. The smallest absolute Gasteiger partial charge is 0.114 e. The molecular formula is C12H10N4. The molecule has 0 bridgehead atoms. The molecule has 2 N–H and O–H groups in total. The zero-order valence-electron chi connectivity index (χ0n) is 8.51. The summed E-state index contributed by atoms with van der Waals surface area (Å²) in [5.74, 6) is 0. The molecule has 0 aliphatic carbocycles. The van der Waals surface area contributed by atoms with Crippen molar-refractivity contribution in [2.24, 2.45) is 0 Å². The first-order valence-electron chi connectivity index (χ1n) is 5.03. The van der Waals surface area contributed by atoms with Crippen molar-refractivity contribution in [3.8, 4) is 22.8 Å². The van der Waals surface area contributed by atoms with Gasteiger partial charge in [0.05, 0.1) is 11.4 Å². The van der Waals surface area contributed by atoms with Crippen molar-refractivity contribution in [1.29, 1.82) is 0 Å². The van der Waals surface area contributed by atoms with Gasteiger partial charge in [-0.1, -0.05) is 0 Å². The fourth-order valence-electron chi connectivity index (χ4n) is 1.69. The van der Waals surface area contributed by atoms with Crippen molar-refractivity contribution in [2.75, 3.05) is 0 Å². The van der Waals surface area contributed by atoms with Gasteiger partial charge >= 0.3 is 0 Å². The van der Waals surface area contributed by atoms with Gasteiger partial charge in [0.15, 0.2) is 0 Å². The molecule has 78 valence electrons. The van der Waals surface area contributed by atoms with Crippen LogP contribution in [0.1, 0.15) is 0 Å². The fraction of sp³-hybridized carbons (Fsp3) is 0. The topological polar surface area (TPSA) is 57.4 Å². The molecule has 0 unspecified atom stereocenters. The molecule has 0 amide bonds. The summed E-state index contributed by atoms with van der Waals surface area (Å²) in [7, 11) is 0. The van der Waals surface area contributed by atoms with E-state index in [2.05, 4.69) is 19.9 Å². The first-order valence-corrected chi connectivity index (χ1v) is 5.03. The Morgan fingerprint density at radius 2 is 1.25 bits per heavy atom. The minimum absolute atomic E-state index is 0.856. The molecule has 0 saturated heterocycles. The van der Waals surface area contributed by atoms with E-state index < -0.39 is 0 Å². The highest BCUT2D eigenvalue weighted by Crippen LogP contribution is 2.25. The van der Waals surface area contributed by atoms with Gasteiger partial charge in [-0.3, -0.25) is 9.97 Å². The third kappa shape index (κ3) is 1.40.